The molecule has 0 radical (unpaired) electrons. The van der Waals surface area contributed by atoms with E-state index < -0.39 is 0 Å². The second-order valence-electron chi connectivity index (χ2n) is 6.72. The van der Waals surface area contributed by atoms with E-state index in [1.807, 2.05) is 11.3 Å². The van der Waals surface area contributed by atoms with Crippen molar-refractivity contribution in [3.8, 4) is 0 Å². The first-order chi connectivity index (χ1) is 10.3. The summed E-state index contributed by atoms with van der Waals surface area (Å²) in [6.07, 6.45) is 9.02. The molecule has 1 aromatic heterocycles. The molecule has 3 rings (SSSR count). The van der Waals surface area contributed by atoms with Crippen molar-refractivity contribution in [2.45, 2.75) is 83.5 Å². The van der Waals surface area contributed by atoms with Crippen molar-refractivity contribution < 1.29 is 0 Å². The van der Waals surface area contributed by atoms with Crippen LogP contribution in [0.5, 0.6) is 0 Å². The van der Waals surface area contributed by atoms with Gasteiger partial charge in [-0.15, -0.1) is 11.3 Å². The number of nitrogens with one attached hydrogen (secondary N) is 1. The molecule has 0 spiro atoms. The molecule has 1 aromatic rings. The van der Waals surface area contributed by atoms with Gasteiger partial charge in [-0.2, -0.15) is 0 Å². The summed E-state index contributed by atoms with van der Waals surface area (Å²) in [5.74, 6) is 0. The van der Waals surface area contributed by atoms with E-state index in [0.29, 0.717) is 0 Å². The third-order valence-corrected chi connectivity index (χ3v) is 5.86. The predicted octanol–water partition coefficient (Wildman–Crippen LogP) is 3.59. The van der Waals surface area contributed by atoms with Crippen LogP contribution >= 0.6 is 11.3 Å². The van der Waals surface area contributed by atoms with Crippen molar-refractivity contribution in [1.29, 1.82) is 0 Å². The first-order valence-electron chi connectivity index (χ1n) is 8.71. The van der Waals surface area contributed by atoms with Gasteiger partial charge in [0.15, 0.2) is 0 Å². The predicted molar refractivity (Wildman–Crippen MR) is 89.8 cm³/mol. The molecule has 0 amide bonds. The van der Waals surface area contributed by atoms with Gasteiger partial charge < -0.3 is 5.32 Å². The molecule has 0 saturated carbocycles. The molecule has 118 valence electrons. The second kappa shape index (κ2) is 7.21. The summed E-state index contributed by atoms with van der Waals surface area (Å²) in [5, 5.41) is 7.36. The molecule has 3 nitrogen and oxygen atoms in total. The Morgan fingerprint density at radius 2 is 2.00 bits per heavy atom. The highest BCUT2D eigenvalue weighted by molar-refractivity contribution is 7.09. The Morgan fingerprint density at radius 1 is 1.24 bits per heavy atom. The van der Waals surface area contributed by atoms with Crippen molar-refractivity contribution in [2.75, 3.05) is 6.54 Å². The Morgan fingerprint density at radius 3 is 2.67 bits per heavy atom. The van der Waals surface area contributed by atoms with Gasteiger partial charge in [-0.25, -0.2) is 4.98 Å². The van der Waals surface area contributed by atoms with E-state index >= 15 is 0 Å². The maximum Gasteiger partial charge on any atom is 0.0928 e. The van der Waals surface area contributed by atoms with E-state index in [1.54, 1.807) is 0 Å². The van der Waals surface area contributed by atoms with Crippen LogP contribution in [0, 0.1) is 0 Å². The van der Waals surface area contributed by atoms with Crippen LogP contribution in [0.25, 0.3) is 0 Å². The molecular formula is C17H29N3S. The summed E-state index contributed by atoms with van der Waals surface area (Å²) in [7, 11) is 0. The smallest absolute Gasteiger partial charge is 0.0928 e. The van der Waals surface area contributed by atoms with Crippen LogP contribution in [0.1, 0.15) is 63.1 Å². The van der Waals surface area contributed by atoms with E-state index in [4.69, 9.17) is 4.98 Å². The lowest BCUT2D eigenvalue weighted by Gasteiger charge is -2.37. The number of thiazole rings is 1. The Kier molecular flexibility index (Phi) is 5.30. The average molecular weight is 308 g/mol. The van der Waals surface area contributed by atoms with Crippen molar-refractivity contribution >= 4 is 11.3 Å². The van der Waals surface area contributed by atoms with Gasteiger partial charge in [-0.1, -0.05) is 13.8 Å². The van der Waals surface area contributed by atoms with Crippen molar-refractivity contribution in [3.63, 3.8) is 0 Å². The third-order valence-electron chi connectivity index (χ3n) is 4.90. The molecule has 0 aliphatic carbocycles. The van der Waals surface area contributed by atoms with Gasteiger partial charge >= 0.3 is 0 Å². The lowest BCUT2D eigenvalue weighted by molar-refractivity contribution is 0.132. The Balaban J connectivity index is 1.63. The van der Waals surface area contributed by atoms with Crippen molar-refractivity contribution in [1.82, 2.24) is 15.2 Å². The minimum absolute atomic E-state index is 0.764. The maximum atomic E-state index is 4.83. The number of rotatable bonds is 7. The number of fused-ring (bicyclic) bond motifs is 2. The number of aromatic nitrogens is 1. The zero-order valence-corrected chi connectivity index (χ0v) is 14.3. The topological polar surface area (TPSA) is 28.2 Å². The fourth-order valence-corrected chi connectivity index (χ4v) is 4.85. The first-order valence-corrected chi connectivity index (χ1v) is 9.59. The molecule has 3 heterocycles. The van der Waals surface area contributed by atoms with Gasteiger partial charge in [-0.05, 0) is 51.5 Å². The van der Waals surface area contributed by atoms with Gasteiger partial charge in [0, 0.05) is 30.1 Å². The zero-order valence-electron chi connectivity index (χ0n) is 13.5. The van der Waals surface area contributed by atoms with Crippen molar-refractivity contribution in [2.24, 2.45) is 0 Å². The zero-order chi connectivity index (χ0) is 14.7. The van der Waals surface area contributed by atoms with E-state index in [0.717, 1.165) is 31.1 Å². The quantitative estimate of drug-likeness (QED) is 0.834. The second-order valence-corrected chi connectivity index (χ2v) is 7.66. The standard InChI is InChI=1S/C17H29N3S/c1-3-5-17-19-15(12-21-17)11-20(8-4-2)16-9-13-6-7-14(10-16)18-13/h12-14,16,18H,3-11H2,1-2H3. The molecule has 2 unspecified atom stereocenters. The minimum atomic E-state index is 0.764. The van der Waals surface area contributed by atoms with Crippen LogP contribution in [-0.4, -0.2) is 34.6 Å². The summed E-state index contributed by atoms with van der Waals surface area (Å²) in [6, 6.07) is 2.32. The summed E-state index contributed by atoms with van der Waals surface area (Å²) >= 11 is 1.84. The molecule has 2 atom stereocenters. The van der Waals surface area contributed by atoms with Crippen LogP contribution in [0.2, 0.25) is 0 Å². The summed E-state index contributed by atoms with van der Waals surface area (Å²) in [6.45, 7) is 6.80. The molecule has 2 aliphatic heterocycles. The third kappa shape index (κ3) is 3.85. The van der Waals surface area contributed by atoms with Crippen LogP contribution in [0.4, 0.5) is 0 Å². The van der Waals surface area contributed by atoms with E-state index in [1.165, 1.54) is 55.8 Å². The Bertz CT molecular complexity index is 433. The molecule has 1 N–H and O–H groups in total. The van der Waals surface area contributed by atoms with Gasteiger partial charge in [0.2, 0.25) is 0 Å². The fourth-order valence-electron chi connectivity index (χ4n) is 3.96. The lowest BCUT2D eigenvalue weighted by Crippen LogP contribution is -2.48. The fraction of sp³-hybridized carbons (Fsp3) is 0.824. The molecule has 2 fully saturated rings. The normalized spacial score (nSPS) is 28.4. The van der Waals surface area contributed by atoms with Gasteiger partial charge in [0.05, 0.1) is 10.7 Å². The summed E-state index contributed by atoms with van der Waals surface area (Å²) in [5.41, 5.74) is 1.29. The highest BCUT2D eigenvalue weighted by Gasteiger charge is 2.35. The molecular weight excluding hydrogens is 278 g/mol. The first kappa shape index (κ1) is 15.4. The summed E-state index contributed by atoms with van der Waals surface area (Å²) < 4.78 is 0. The van der Waals surface area contributed by atoms with Gasteiger partial charge in [0.25, 0.3) is 0 Å². The molecule has 21 heavy (non-hydrogen) atoms. The van der Waals surface area contributed by atoms with Crippen LogP contribution in [0.3, 0.4) is 0 Å². The monoisotopic (exact) mass is 307 g/mol. The Labute approximate surface area is 133 Å². The molecule has 2 bridgehead atoms. The Hall–Kier alpha value is -0.450. The highest BCUT2D eigenvalue weighted by Crippen LogP contribution is 2.30. The van der Waals surface area contributed by atoms with Gasteiger partial charge in [0.1, 0.15) is 0 Å². The van der Waals surface area contributed by atoms with E-state index in [9.17, 15) is 0 Å². The summed E-state index contributed by atoms with van der Waals surface area (Å²) in [4.78, 5) is 7.54. The van der Waals surface area contributed by atoms with Crippen LogP contribution in [-0.2, 0) is 13.0 Å². The molecule has 4 heteroatoms. The van der Waals surface area contributed by atoms with E-state index in [2.05, 4.69) is 29.4 Å². The number of aryl methyl sites for hydroxylation is 1. The number of piperidine rings is 1. The molecule has 0 aromatic carbocycles. The number of nitrogens with zero attached hydrogens (tertiary/aromatic N) is 2. The lowest BCUT2D eigenvalue weighted by atomic mass is 9.98. The maximum absolute atomic E-state index is 4.83. The highest BCUT2D eigenvalue weighted by atomic mass is 32.1. The number of hydrogen-bond acceptors (Lipinski definition) is 4. The van der Waals surface area contributed by atoms with Crippen LogP contribution < -0.4 is 5.32 Å². The van der Waals surface area contributed by atoms with Crippen molar-refractivity contribution in [3.05, 3.63) is 16.1 Å². The van der Waals surface area contributed by atoms with Gasteiger partial charge in [-0.3, -0.25) is 4.90 Å². The van der Waals surface area contributed by atoms with Crippen LogP contribution in [0.15, 0.2) is 5.38 Å². The average Bonchev–Trinajstić information content (AvgIpc) is 3.05. The minimum Gasteiger partial charge on any atom is -0.311 e. The molecule has 2 aliphatic rings. The number of hydrogen-bond donors (Lipinski definition) is 1. The largest absolute Gasteiger partial charge is 0.311 e. The van der Waals surface area contributed by atoms with E-state index in [-0.39, 0.29) is 0 Å². The molecule has 2 saturated heterocycles. The SMILES string of the molecule is CCCc1nc(CN(CCC)C2CC3CCC(C2)N3)cs1.